The molecule has 0 atom stereocenters. The number of hydrogen-bond acceptors (Lipinski definition) is 3. The van der Waals surface area contributed by atoms with Crippen LogP contribution in [0.1, 0.15) is 24.2 Å². The molecule has 0 saturated heterocycles. The van der Waals surface area contributed by atoms with Gasteiger partial charge in [0.2, 0.25) is 0 Å². The van der Waals surface area contributed by atoms with E-state index in [1.807, 2.05) is 0 Å². The molecule has 0 aromatic carbocycles. The molecule has 0 unspecified atom stereocenters. The number of nitrogens with two attached hydrogens (primary N) is 1. The van der Waals surface area contributed by atoms with Gasteiger partial charge >= 0.3 is 6.18 Å². The Kier molecular flexibility index (Phi) is 2.75. The zero-order chi connectivity index (χ0) is 11.8. The molecule has 1 heterocycles. The molecule has 0 bridgehead atoms. The Hall–Kier alpha value is -1.30. The lowest BCUT2D eigenvalue weighted by Gasteiger charge is -2.11. The molecular formula is C10H11F3N2O. The monoisotopic (exact) mass is 232 g/mol. The van der Waals surface area contributed by atoms with Gasteiger partial charge in [-0.15, -0.1) is 0 Å². The molecule has 0 spiro atoms. The molecule has 1 saturated carbocycles. The normalized spacial score (nSPS) is 16.2. The minimum atomic E-state index is -4.47. The second-order valence-electron chi connectivity index (χ2n) is 3.70. The van der Waals surface area contributed by atoms with Crippen LogP contribution in [0.5, 0.6) is 5.75 Å². The standard InChI is InChI=1S/C10H11F3N2O/c11-10(12,13)9-4-8(16-7-1-2-7)3-6(5-14)15-9/h3-4,7H,1-2,5,14H2. The van der Waals surface area contributed by atoms with E-state index < -0.39 is 11.9 Å². The largest absolute Gasteiger partial charge is 0.490 e. The fourth-order valence-corrected chi connectivity index (χ4v) is 1.26. The van der Waals surface area contributed by atoms with Crippen molar-refractivity contribution in [3.63, 3.8) is 0 Å². The summed E-state index contributed by atoms with van der Waals surface area (Å²) in [7, 11) is 0. The lowest BCUT2D eigenvalue weighted by atomic mass is 10.2. The zero-order valence-electron chi connectivity index (χ0n) is 8.42. The summed E-state index contributed by atoms with van der Waals surface area (Å²) in [5, 5.41) is 0. The number of alkyl halides is 3. The Bertz CT molecular complexity index is 388. The number of halogens is 3. The van der Waals surface area contributed by atoms with Crippen LogP contribution in [0.15, 0.2) is 12.1 Å². The maximum absolute atomic E-state index is 12.5. The predicted octanol–water partition coefficient (Wildman–Crippen LogP) is 2.10. The van der Waals surface area contributed by atoms with E-state index in [9.17, 15) is 13.2 Å². The molecule has 0 amide bonds. The van der Waals surface area contributed by atoms with Crippen LogP contribution in [0.3, 0.4) is 0 Å². The highest BCUT2D eigenvalue weighted by atomic mass is 19.4. The summed E-state index contributed by atoms with van der Waals surface area (Å²) in [6, 6.07) is 2.37. The molecule has 1 aliphatic carbocycles. The lowest BCUT2D eigenvalue weighted by molar-refractivity contribution is -0.141. The molecule has 1 aromatic rings. The van der Waals surface area contributed by atoms with Crippen molar-refractivity contribution in [2.24, 2.45) is 5.73 Å². The highest BCUT2D eigenvalue weighted by Gasteiger charge is 2.34. The van der Waals surface area contributed by atoms with Crippen LogP contribution < -0.4 is 10.5 Å². The zero-order valence-corrected chi connectivity index (χ0v) is 8.42. The van der Waals surface area contributed by atoms with Crippen LogP contribution in [0, 0.1) is 0 Å². The van der Waals surface area contributed by atoms with Crippen LogP contribution in [0.2, 0.25) is 0 Å². The fourth-order valence-electron chi connectivity index (χ4n) is 1.26. The Morgan fingerprint density at radius 3 is 2.56 bits per heavy atom. The maximum atomic E-state index is 12.5. The second kappa shape index (κ2) is 3.93. The van der Waals surface area contributed by atoms with Crippen molar-refractivity contribution in [2.75, 3.05) is 0 Å². The summed E-state index contributed by atoms with van der Waals surface area (Å²) in [5.74, 6) is 0.199. The average molecular weight is 232 g/mol. The van der Waals surface area contributed by atoms with E-state index in [1.165, 1.54) is 6.07 Å². The molecule has 2 N–H and O–H groups in total. The first-order valence-corrected chi connectivity index (χ1v) is 4.94. The molecule has 88 valence electrons. The van der Waals surface area contributed by atoms with Crippen molar-refractivity contribution < 1.29 is 17.9 Å². The summed E-state index contributed by atoms with van der Waals surface area (Å²) in [4.78, 5) is 3.42. The fraction of sp³-hybridized carbons (Fsp3) is 0.500. The maximum Gasteiger partial charge on any atom is 0.433 e. The Morgan fingerprint density at radius 1 is 1.38 bits per heavy atom. The van der Waals surface area contributed by atoms with Gasteiger partial charge in [-0.2, -0.15) is 13.2 Å². The van der Waals surface area contributed by atoms with Gasteiger partial charge in [0.15, 0.2) is 0 Å². The van der Waals surface area contributed by atoms with Crippen molar-refractivity contribution in [3.05, 3.63) is 23.5 Å². The van der Waals surface area contributed by atoms with Gasteiger partial charge in [0.05, 0.1) is 11.8 Å². The van der Waals surface area contributed by atoms with Crippen molar-refractivity contribution in [1.29, 1.82) is 0 Å². The first-order valence-electron chi connectivity index (χ1n) is 4.94. The third-order valence-electron chi connectivity index (χ3n) is 2.18. The SMILES string of the molecule is NCc1cc(OC2CC2)cc(C(F)(F)F)n1. The van der Waals surface area contributed by atoms with Crippen molar-refractivity contribution in [1.82, 2.24) is 4.98 Å². The van der Waals surface area contributed by atoms with E-state index in [1.54, 1.807) is 0 Å². The van der Waals surface area contributed by atoms with Gasteiger partial charge in [0, 0.05) is 18.7 Å². The highest BCUT2D eigenvalue weighted by molar-refractivity contribution is 5.29. The van der Waals surface area contributed by atoms with Gasteiger partial charge in [0.1, 0.15) is 11.4 Å². The third-order valence-corrected chi connectivity index (χ3v) is 2.18. The number of ether oxygens (including phenoxy) is 1. The summed E-state index contributed by atoms with van der Waals surface area (Å²) in [5.41, 5.74) is 4.52. The number of hydrogen-bond donors (Lipinski definition) is 1. The van der Waals surface area contributed by atoms with E-state index in [0.717, 1.165) is 18.9 Å². The Morgan fingerprint density at radius 2 is 2.06 bits per heavy atom. The molecule has 2 rings (SSSR count). The van der Waals surface area contributed by atoms with Crippen LogP contribution in [-0.4, -0.2) is 11.1 Å². The van der Waals surface area contributed by atoms with Crippen molar-refractivity contribution >= 4 is 0 Å². The summed E-state index contributed by atoms with van der Waals surface area (Å²) in [6.07, 6.45) is -2.63. The Labute approximate surface area is 90.4 Å². The van der Waals surface area contributed by atoms with E-state index in [4.69, 9.17) is 10.5 Å². The van der Waals surface area contributed by atoms with Gasteiger partial charge in [-0.25, -0.2) is 4.98 Å². The Balaban J connectivity index is 2.29. The van der Waals surface area contributed by atoms with Crippen LogP contribution >= 0.6 is 0 Å². The summed E-state index contributed by atoms with van der Waals surface area (Å²) < 4.78 is 42.7. The smallest absolute Gasteiger partial charge is 0.433 e. The van der Waals surface area contributed by atoms with Crippen LogP contribution in [0.25, 0.3) is 0 Å². The minimum absolute atomic E-state index is 0.0368. The first-order chi connectivity index (χ1) is 7.49. The van der Waals surface area contributed by atoms with E-state index >= 15 is 0 Å². The van der Waals surface area contributed by atoms with Crippen molar-refractivity contribution in [2.45, 2.75) is 31.7 Å². The molecule has 16 heavy (non-hydrogen) atoms. The van der Waals surface area contributed by atoms with Gasteiger partial charge in [-0.05, 0) is 12.8 Å². The molecule has 3 nitrogen and oxygen atoms in total. The van der Waals surface area contributed by atoms with E-state index in [0.29, 0.717) is 0 Å². The number of pyridine rings is 1. The van der Waals surface area contributed by atoms with Gasteiger partial charge < -0.3 is 10.5 Å². The number of nitrogens with zero attached hydrogens (tertiary/aromatic N) is 1. The van der Waals surface area contributed by atoms with E-state index in [2.05, 4.69) is 4.98 Å². The third kappa shape index (κ3) is 2.63. The quantitative estimate of drug-likeness (QED) is 0.868. The molecule has 6 heteroatoms. The molecular weight excluding hydrogens is 221 g/mol. The summed E-state index contributed by atoms with van der Waals surface area (Å²) in [6.45, 7) is -0.0368. The van der Waals surface area contributed by atoms with Gasteiger partial charge in [0.25, 0.3) is 0 Å². The molecule has 1 aromatic heterocycles. The first kappa shape index (κ1) is 11.2. The molecule has 1 aliphatic rings. The minimum Gasteiger partial charge on any atom is -0.490 e. The van der Waals surface area contributed by atoms with Crippen LogP contribution in [0.4, 0.5) is 13.2 Å². The molecule has 1 fully saturated rings. The summed E-state index contributed by atoms with van der Waals surface area (Å²) >= 11 is 0. The van der Waals surface area contributed by atoms with Crippen molar-refractivity contribution in [3.8, 4) is 5.75 Å². The highest BCUT2D eigenvalue weighted by Crippen LogP contribution is 2.33. The number of rotatable bonds is 3. The lowest BCUT2D eigenvalue weighted by Crippen LogP contribution is -2.12. The molecule has 0 aliphatic heterocycles. The average Bonchev–Trinajstić information content (AvgIpc) is 3.00. The number of aromatic nitrogens is 1. The van der Waals surface area contributed by atoms with Gasteiger partial charge in [-0.3, -0.25) is 0 Å². The molecule has 0 radical (unpaired) electrons. The van der Waals surface area contributed by atoms with Crippen LogP contribution in [-0.2, 0) is 12.7 Å². The van der Waals surface area contributed by atoms with Gasteiger partial charge in [-0.1, -0.05) is 0 Å². The second-order valence-corrected chi connectivity index (χ2v) is 3.70. The van der Waals surface area contributed by atoms with E-state index in [-0.39, 0.29) is 24.1 Å². The topological polar surface area (TPSA) is 48.1 Å². The predicted molar refractivity (Wildman–Crippen MR) is 50.8 cm³/mol.